The van der Waals surface area contributed by atoms with Gasteiger partial charge in [-0.05, 0) is 35.9 Å². The van der Waals surface area contributed by atoms with Gasteiger partial charge in [0.25, 0.3) is 5.91 Å². The molecule has 0 saturated carbocycles. The van der Waals surface area contributed by atoms with Gasteiger partial charge in [-0.25, -0.2) is 13.8 Å². The van der Waals surface area contributed by atoms with E-state index in [0.29, 0.717) is 17.7 Å². The second kappa shape index (κ2) is 11.4. The molecule has 35 heavy (non-hydrogen) atoms. The van der Waals surface area contributed by atoms with Crippen molar-refractivity contribution in [2.45, 2.75) is 6.61 Å². The zero-order valence-corrected chi connectivity index (χ0v) is 19.7. The Morgan fingerprint density at radius 3 is 2.57 bits per heavy atom. The summed E-state index contributed by atoms with van der Waals surface area (Å²) in [6.45, 7) is 4.19. The van der Waals surface area contributed by atoms with Gasteiger partial charge in [0.2, 0.25) is 0 Å². The van der Waals surface area contributed by atoms with Crippen LogP contribution in [0.5, 0.6) is 5.75 Å². The topological polar surface area (TPSA) is 89.7 Å². The van der Waals surface area contributed by atoms with Crippen molar-refractivity contribution >= 4 is 23.3 Å². The third-order valence-corrected chi connectivity index (χ3v) is 6.10. The van der Waals surface area contributed by atoms with E-state index in [1.54, 1.807) is 36.5 Å². The number of nitrogen functional groups attached to an aromatic ring is 1. The zero-order chi connectivity index (χ0) is 24.8. The van der Waals surface area contributed by atoms with Crippen LogP contribution in [0.2, 0.25) is 5.02 Å². The number of hydrogen-bond donors (Lipinski definition) is 2. The predicted octanol–water partition coefficient (Wildman–Crippen LogP) is 3.90. The second-order valence-corrected chi connectivity index (χ2v) is 8.38. The number of carbonyl (C=O) groups is 1. The largest absolute Gasteiger partial charge is 0.485 e. The summed E-state index contributed by atoms with van der Waals surface area (Å²) < 4.78 is 38.6. The number of rotatable bonds is 8. The zero-order valence-electron chi connectivity index (χ0n) is 18.9. The van der Waals surface area contributed by atoms with Crippen molar-refractivity contribution in [3.8, 4) is 16.9 Å². The van der Waals surface area contributed by atoms with Gasteiger partial charge in [-0.1, -0.05) is 23.7 Å². The first-order valence-corrected chi connectivity index (χ1v) is 11.5. The van der Waals surface area contributed by atoms with Gasteiger partial charge in [-0.2, -0.15) is 0 Å². The van der Waals surface area contributed by atoms with Crippen LogP contribution in [-0.4, -0.2) is 55.2 Å². The summed E-state index contributed by atoms with van der Waals surface area (Å²) in [5, 5.41) is 2.59. The summed E-state index contributed by atoms with van der Waals surface area (Å²) in [6.07, 6.45) is 1.56. The number of halogens is 3. The summed E-state index contributed by atoms with van der Waals surface area (Å²) in [7, 11) is 0. The molecule has 1 saturated heterocycles. The molecule has 3 aromatic rings. The number of hydrogen-bond acceptors (Lipinski definition) is 6. The number of ether oxygens (including phenoxy) is 2. The summed E-state index contributed by atoms with van der Waals surface area (Å²) in [4.78, 5) is 18.8. The maximum Gasteiger partial charge on any atom is 0.251 e. The van der Waals surface area contributed by atoms with Crippen LogP contribution in [0.15, 0.2) is 48.7 Å². The minimum Gasteiger partial charge on any atom is -0.485 e. The van der Waals surface area contributed by atoms with Gasteiger partial charge in [0.15, 0.2) is 11.6 Å². The molecule has 1 fully saturated rings. The van der Waals surface area contributed by atoms with Crippen molar-refractivity contribution in [2.75, 3.05) is 45.1 Å². The minimum atomic E-state index is -0.739. The van der Waals surface area contributed by atoms with Crippen molar-refractivity contribution < 1.29 is 23.0 Å². The Balaban J connectivity index is 1.39. The molecule has 1 aromatic heterocycles. The fourth-order valence-electron chi connectivity index (χ4n) is 3.65. The Labute approximate surface area is 206 Å². The summed E-state index contributed by atoms with van der Waals surface area (Å²) >= 11 is 5.86. The molecule has 0 atom stereocenters. The number of morpholine rings is 1. The molecular weight excluding hydrogens is 478 g/mol. The highest BCUT2D eigenvalue weighted by Crippen LogP contribution is 2.30. The highest BCUT2D eigenvalue weighted by Gasteiger charge is 2.15. The lowest BCUT2D eigenvalue weighted by molar-refractivity contribution is 0.0383. The molecule has 1 amide bonds. The average molecular weight is 503 g/mol. The Morgan fingerprint density at radius 2 is 1.83 bits per heavy atom. The van der Waals surface area contributed by atoms with Crippen molar-refractivity contribution in [1.29, 1.82) is 0 Å². The van der Waals surface area contributed by atoms with E-state index in [1.807, 2.05) is 0 Å². The van der Waals surface area contributed by atoms with Crippen molar-refractivity contribution in [2.24, 2.45) is 0 Å². The third-order valence-electron chi connectivity index (χ3n) is 5.69. The van der Waals surface area contributed by atoms with Gasteiger partial charge < -0.3 is 20.5 Å². The van der Waals surface area contributed by atoms with Crippen LogP contribution < -0.4 is 15.8 Å². The van der Waals surface area contributed by atoms with Crippen LogP contribution in [0.4, 0.5) is 14.6 Å². The first-order chi connectivity index (χ1) is 16.9. The Hall–Kier alpha value is -3.27. The van der Waals surface area contributed by atoms with Crippen LogP contribution in [0.3, 0.4) is 0 Å². The van der Waals surface area contributed by atoms with E-state index in [1.165, 1.54) is 0 Å². The highest BCUT2D eigenvalue weighted by molar-refractivity contribution is 6.31. The van der Waals surface area contributed by atoms with Crippen molar-refractivity contribution in [3.05, 3.63) is 76.4 Å². The van der Waals surface area contributed by atoms with Gasteiger partial charge in [-0.15, -0.1) is 0 Å². The van der Waals surface area contributed by atoms with Crippen LogP contribution in [0.1, 0.15) is 15.9 Å². The van der Waals surface area contributed by atoms with E-state index in [9.17, 15) is 13.6 Å². The van der Waals surface area contributed by atoms with E-state index in [0.717, 1.165) is 50.5 Å². The predicted molar refractivity (Wildman–Crippen MR) is 129 cm³/mol. The standard InChI is InChI=1S/C25H25ClF2N4O3/c26-23-19(20(27)5-6-21(23)28)15-35-22-13-18(14-31-24(22)29)16-1-3-17(4-2-16)25(33)30-7-8-32-9-11-34-12-10-32/h1-6,13-14H,7-12,15H2,(H2,29,31)(H,30,33). The highest BCUT2D eigenvalue weighted by atomic mass is 35.5. The van der Waals surface area contributed by atoms with Gasteiger partial charge in [-0.3, -0.25) is 9.69 Å². The maximum absolute atomic E-state index is 14.0. The van der Waals surface area contributed by atoms with E-state index >= 15 is 0 Å². The monoisotopic (exact) mass is 502 g/mol. The fraction of sp³-hybridized carbons (Fsp3) is 0.280. The number of aromatic nitrogens is 1. The number of pyridine rings is 1. The number of carbonyl (C=O) groups excluding carboxylic acids is 1. The van der Waals surface area contributed by atoms with Gasteiger partial charge >= 0.3 is 0 Å². The van der Waals surface area contributed by atoms with Gasteiger partial charge in [0.1, 0.15) is 18.2 Å². The molecule has 1 aliphatic heterocycles. The van der Waals surface area contributed by atoms with E-state index in [-0.39, 0.29) is 34.7 Å². The molecule has 1 aliphatic rings. The number of nitrogens with one attached hydrogen (secondary N) is 1. The fourth-order valence-corrected chi connectivity index (χ4v) is 3.86. The van der Waals surface area contributed by atoms with E-state index in [4.69, 9.17) is 26.8 Å². The van der Waals surface area contributed by atoms with Crippen LogP contribution in [-0.2, 0) is 11.3 Å². The molecule has 7 nitrogen and oxygen atoms in total. The normalized spacial score (nSPS) is 14.0. The Morgan fingerprint density at radius 1 is 1.11 bits per heavy atom. The lowest BCUT2D eigenvalue weighted by atomic mass is 10.0. The molecule has 0 radical (unpaired) electrons. The lowest BCUT2D eigenvalue weighted by Crippen LogP contribution is -2.41. The Kier molecular flexibility index (Phi) is 8.12. The molecular formula is C25H25ClF2N4O3. The summed E-state index contributed by atoms with van der Waals surface area (Å²) in [5.41, 5.74) is 7.78. The molecule has 0 bridgehead atoms. The molecule has 4 rings (SSSR count). The van der Waals surface area contributed by atoms with Gasteiger partial charge in [0, 0.05) is 49.1 Å². The number of nitrogens with two attached hydrogens (primary N) is 1. The van der Waals surface area contributed by atoms with Crippen molar-refractivity contribution in [1.82, 2.24) is 15.2 Å². The SMILES string of the molecule is Nc1ncc(-c2ccc(C(=O)NCCN3CCOCC3)cc2)cc1OCc1c(F)ccc(F)c1Cl. The van der Waals surface area contributed by atoms with E-state index in [2.05, 4.69) is 15.2 Å². The maximum atomic E-state index is 14.0. The first kappa shape index (κ1) is 24.8. The first-order valence-electron chi connectivity index (χ1n) is 11.1. The van der Waals surface area contributed by atoms with Crippen molar-refractivity contribution in [3.63, 3.8) is 0 Å². The molecule has 0 aliphatic carbocycles. The minimum absolute atomic E-state index is 0.0953. The number of benzene rings is 2. The number of nitrogens with zero attached hydrogens (tertiary/aromatic N) is 2. The molecule has 0 unspecified atom stereocenters. The van der Waals surface area contributed by atoms with E-state index < -0.39 is 11.6 Å². The van der Waals surface area contributed by atoms with Gasteiger partial charge in [0.05, 0.1) is 18.2 Å². The lowest BCUT2D eigenvalue weighted by Gasteiger charge is -2.26. The average Bonchev–Trinajstić information content (AvgIpc) is 2.88. The number of amides is 1. The smallest absolute Gasteiger partial charge is 0.251 e. The quantitative estimate of drug-likeness (QED) is 0.454. The molecule has 3 N–H and O–H groups in total. The van der Waals surface area contributed by atoms with Crippen LogP contribution in [0, 0.1) is 11.6 Å². The summed E-state index contributed by atoms with van der Waals surface area (Å²) in [5.74, 6) is -1.28. The Bertz CT molecular complexity index is 1190. The molecule has 0 spiro atoms. The molecule has 10 heteroatoms. The number of anilines is 1. The third kappa shape index (κ3) is 6.25. The van der Waals surface area contributed by atoms with Crippen LogP contribution in [0.25, 0.3) is 11.1 Å². The molecule has 2 aromatic carbocycles. The molecule has 2 heterocycles. The second-order valence-electron chi connectivity index (χ2n) is 8.01. The summed E-state index contributed by atoms with van der Waals surface area (Å²) in [6, 6.07) is 10.6. The molecule has 184 valence electrons. The van der Waals surface area contributed by atoms with Crippen LogP contribution >= 0.6 is 11.6 Å².